The Bertz CT molecular complexity index is 884. The predicted molar refractivity (Wildman–Crippen MR) is 77.9 cm³/mol. The fourth-order valence-electron chi connectivity index (χ4n) is 2.47. The normalized spacial score (nSPS) is 10.8. The molecule has 22 heavy (non-hydrogen) atoms. The Kier molecular flexibility index (Phi) is 3.25. The van der Waals surface area contributed by atoms with E-state index in [0.29, 0.717) is 16.3 Å². The molecule has 0 aliphatic rings. The summed E-state index contributed by atoms with van der Waals surface area (Å²) < 4.78 is 26.9. The molecule has 3 rings (SSSR count). The SMILES string of the molecule is O=C(O)c1cc(-c2cc(F)cc(F)c2)c2ccccc2c1O. The molecule has 0 heterocycles. The highest BCUT2D eigenvalue weighted by Gasteiger charge is 2.17. The lowest BCUT2D eigenvalue weighted by atomic mass is 9.94. The zero-order chi connectivity index (χ0) is 15.9. The molecule has 0 amide bonds. The molecule has 5 heteroatoms. The molecule has 0 bridgehead atoms. The van der Waals surface area contributed by atoms with Gasteiger partial charge in [-0.1, -0.05) is 24.3 Å². The summed E-state index contributed by atoms with van der Waals surface area (Å²) in [6.07, 6.45) is 0. The molecular weight excluding hydrogens is 290 g/mol. The molecule has 0 fully saturated rings. The van der Waals surface area contributed by atoms with Crippen LogP contribution in [0.5, 0.6) is 5.75 Å². The summed E-state index contributed by atoms with van der Waals surface area (Å²) in [6.45, 7) is 0. The molecule has 0 aromatic heterocycles. The quantitative estimate of drug-likeness (QED) is 0.746. The second-order valence-electron chi connectivity index (χ2n) is 4.83. The number of fused-ring (bicyclic) bond motifs is 1. The van der Waals surface area contributed by atoms with Crippen molar-refractivity contribution < 1.29 is 23.8 Å². The Labute approximate surface area is 124 Å². The van der Waals surface area contributed by atoms with Gasteiger partial charge >= 0.3 is 5.97 Å². The minimum atomic E-state index is -1.32. The lowest BCUT2D eigenvalue weighted by Crippen LogP contribution is -1.99. The van der Waals surface area contributed by atoms with E-state index in [2.05, 4.69) is 0 Å². The number of hydrogen-bond donors (Lipinski definition) is 2. The molecule has 3 aromatic carbocycles. The number of benzene rings is 3. The van der Waals surface area contributed by atoms with E-state index < -0.39 is 17.6 Å². The first-order valence-corrected chi connectivity index (χ1v) is 6.42. The molecule has 0 saturated heterocycles. The largest absolute Gasteiger partial charge is 0.506 e. The van der Waals surface area contributed by atoms with E-state index in [-0.39, 0.29) is 16.9 Å². The van der Waals surface area contributed by atoms with Crippen molar-refractivity contribution in [2.24, 2.45) is 0 Å². The maximum Gasteiger partial charge on any atom is 0.339 e. The summed E-state index contributed by atoms with van der Waals surface area (Å²) in [5, 5.41) is 20.1. The van der Waals surface area contributed by atoms with Gasteiger partial charge in [0.05, 0.1) is 0 Å². The molecular formula is C17H10F2O3. The molecule has 0 saturated carbocycles. The molecule has 0 aliphatic carbocycles. The maximum atomic E-state index is 13.4. The van der Waals surface area contributed by atoms with E-state index in [4.69, 9.17) is 0 Å². The first kappa shape index (κ1) is 14.0. The number of aromatic hydroxyl groups is 1. The van der Waals surface area contributed by atoms with Gasteiger partial charge in [-0.15, -0.1) is 0 Å². The smallest absolute Gasteiger partial charge is 0.339 e. The molecule has 0 atom stereocenters. The van der Waals surface area contributed by atoms with Gasteiger partial charge in [0.25, 0.3) is 0 Å². The molecule has 0 radical (unpaired) electrons. The predicted octanol–water partition coefficient (Wildman–Crippen LogP) is 4.19. The van der Waals surface area contributed by atoms with Gasteiger partial charge in [0.15, 0.2) is 0 Å². The van der Waals surface area contributed by atoms with E-state index >= 15 is 0 Å². The van der Waals surface area contributed by atoms with E-state index in [1.165, 1.54) is 6.07 Å². The topological polar surface area (TPSA) is 57.5 Å². The summed E-state index contributed by atoms with van der Waals surface area (Å²) in [5.41, 5.74) is 0.221. The average molecular weight is 300 g/mol. The van der Waals surface area contributed by atoms with Gasteiger partial charge < -0.3 is 10.2 Å². The van der Waals surface area contributed by atoms with Crippen LogP contribution in [0, 0.1) is 11.6 Å². The van der Waals surface area contributed by atoms with E-state index in [0.717, 1.165) is 18.2 Å². The lowest BCUT2D eigenvalue weighted by Gasteiger charge is -2.11. The monoisotopic (exact) mass is 300 g/mol. The van der Waals surface area contributed by atoms with Crippen LogP contribution in [0.3, 0.4) is 0 Å². The van der Waals surface area contributed by atoms with Gasteiger partial charge in [0.2, 0.25) is 0 Å². The molecule has 0 unspecified atom stereocenters. The average Bonchev–Trinajstić information content (AvgIpc) is 2.46. The van der Waals surface area contributed by atoms with Crippen LogP contribution < -0.4 is 0 Å². The molecule has 110 valence electrons. The number of carboxylic acid groups (broad SMARTS) is 1. The summed E-state index contributed by atoms with van der Waals surface area (Å²) in [4.78, 5) is 11.3. The number of rotatable bonds is 2. The minimum absolute atomic E-state index is 0.205. The first-order chi connectivity index (χ1) is 10.5. The second kappa shape index (κ2) is 5.11. The molecule has 3 aromatic rings. The van der Waals surface area contributed by atoms with E-state index in [9.17, 15) is 23.8 Å². The molecule has 2 N–H and O–H groups in total. The zero-order valence-electron chi connectivity index (χ0n) is 11.2. The van der Waals surface area contributed by atoms with Crippen molar-refractivity contribution in [3.8, 4) is 16.9 Å². The maximum absolute atomic E-state index is 13.4. The van der Waals surface area contributed by atoms with Crippen molar-refractivity contribution >= 4 is 16.7 Å². The summed E-state index contributed by atoms with van der Waals surface area (Å²) in [5.74, 6) is -3.21. The van der Waals surface area contributed by atoms with Crippen LogP contribution in [-0.4, -0.2) is 16.2 Å². The lowest BCUT2D eigenvalue weighted by molar-refractivity contribution is 0.0694. The summed E-state index contributed by atoms with van der Waals surface area (Å²) >= 11 is 0. The van der Waals surface area contributed by atoms with Crippen LogP contribution >= 0.6 is 0 Å². The Morgan fingerprint density at radius 3 is 2.09 bits per heavy atom. The number of carbonyl (C=O) groups is 1. The van der Waals surface area contributed by atoms with Crippen molar-refractivity contribution in [2.75, 3.05) is 0 Å². The number of hydrogen-bond acceptors (Lipinski definition) is 2. The number of halogens is 2. The number of carboxylic acids is 1. The van der Waals surface area contributed by atoms with Crippen LogP contribution in [0.25, 0.3) is 21.9 Å². The molecule has 0 aliphatic heterocycles. The van der Waals surface area contributed by atoms with Crippen molar-refractivity contribution in [3.63, 3.8) is 0 Å². The standard InChI is InChI=1S/C17H10F2O3/c18-10-5-9(6-11(19)7-10)14-8-15(17(21)22)16(20)13-4-2-1-3-12(13)14/h1-8,20H,(H,21,22). The molecule has 3 nitrogen and oxygen atoms in total. The first-order valence-electron chi connectivity index (χ1n) is 6.42. The van der Waals surface area contributed by atoms with Gasteiger partial charge in [0.1, 0.15) is 22.9 Å². The van der Waals surface area contributed by atoms with Gasteiger partial charge in [-0.2, -0.15) is 0 Å². The van der Waals surface area contributed by atoms with Gasteiger partial charge in [-0.25, -0.2) is 13.6 Å². The fourth-order valence-corrected chi connectivity index (χ4v) is 2.47. The van der Waals surface area contributed by atoms with Crippen LogP contribution in [0.2, 0.25) is 0 Å². The van der Waals surface area contributed by atoms with Crippen LogP contribution in [-0.2, 0) is 0 Å². The summed E-state index contributed by atoms with van der Waals surface area (Å²) in [6, 6.07) is 10.7. The van der Waals surface area contributed by atoms with Crippen LogP contribution in [0.4, 0.5) is 8.78 Å². The van der Waals surface area contributed by atoms with E-state index in [1.807, 2.05) is 0 Å². The van der Waals surface area contributed by atoms with Gasteiger partial charge in [-0.05, 0) is 34.7 Å². The fraction of sp³-hybridized carbons (Fsp3) is 0. The third-order valence-corrected chi connectivity index (χ3v) is 3.42. The van der Waals surface area contributed by atoms with Crippen LogP contribution in [0.1, 0.15) is 10.4 Å². The third-order valence-electron chi connectivity index (χ3n) is 3.42. The van der Waals surface area contributed by atoms with Crippen molar-refractivity contribution in [3.05, 3.63) is 65.7 Å². The van der Waals surface area contributed by atoms with Crippen molar-refractivity contribution in [2.45, 2.75) is 0 Å². The van der Waals surface area contributed by atoms with E-state index in [1.54, 1.807) is 24.3 Å². The molecule has 0 spiro atoms. The second-order valence-corrected chi connectivity index (χ2v) is 4.83. The zero-order valence-corrected chi connectivity index (χ0v) is 11.2. The van der Waals surface area contributed by atoms with Crippen LogP contribution in [0.15, 0.2) is 48.5 Å². The van der Waals surface area contributed by atoms with Gasteiger partial charge in [0, 0.05) is 11.5 Å². The Morgan fingerprint density at radius 1 is 0.909 bits per heavy atom. The van der Waals surface area contributed by atoms with Gasteiger partial charge in [-0.3, -0.25) is 0 Å². The highest BCUT2D eigenvalue weighted by Crippen LogP contribution is 2.37. The highest BCUT2D eigenvalue weighted by atomic mass is 19.1. The Hall–Kier alpha value is -2.95. The third kappa shape index (κ3) is 2.26. The Morgan fingerprint density at radius 2 is 1.50 bits per heavy atom. The highest BCUT2D eigenvalue weighted by molar-refractivity contribution is 6.07. The summed E-state index contributed by atoms with van der Waals surface area (Å²) in [7, 11) is 0. The Balaban J connectivity index is 2.42. The minimum Gasteiger partial charge on any atom is -0.506 e. The number of aromatic carboxylic acids is 1. The van der Waals surface area contributed by atoms with Crippen molar-refractivity contribution in [1.82, 2.24) is 0 Å². The van der Waals surface area contributed by atoms with Crippen molar-refractivity contribution in [1.29, 1.82) is 0 Å². The number of phenols is 1.